The van der Waals surface area contributed by atoms with Crippen molar-refractivity contribution in [3.63, 3.8) is 0 Å². The lowest BCUT2D eigenvalue weighted by Crippen LogP contribution is -2.43. The maximum atomic E-state index is 12.2. The molecule has 2 heterocycles. The Hall–Kier alpha value is -2.83. The standard InChI is InChI=1S/C15H16N4O3/c20-13(8-16-14(21)10-4-2-1-3-5-10)19-7-6-12-11(9-19)15(22)18-17-12/h1-5H,6-9H2,(H,16,21)(H2,17,18,22). The molecule has 0 radical (unpaired) electrons. The fraction of sp³-hybridized carbons (Fsp3) is 0.267. The summed E-state index contributed by atoms with van der Waals surface area (Å²) in [6.07, 6.45) is 0.604. The van der Waals surface area contributed by atoms with E-state index in [0.29, 0.717) is 24.1 Å². The van der Waals surface area contributed by atoms with E-state index in [9.17, 15) is 14.4 Å². The number of hydrogen-bond donors (Lipinski definition) is 3. The second-order valence-electron chi connectivity index (χ2n) is 5.15. The molecule has 7 heteroatoms. The number of carbonyl (C=O) groups is 2. The third-order valence-electron chi connectivity index (χ3n) is 3.73. The Morgan fingerprint density at radius 1 is 1.18 bits per heavy atom. The number of benzene rings is 1. The Balaban J connectivity index is 1.58. The molecule has 114 valence electrons. The van der Waals surface area contributed by atoms with Crippen LogP contribution in [0.4, 0.5) is 0 Å². The quantitative estimate of drug-likeness (QED) is 0.745. The summed E-state index contributed by atoms with van der Waals surface area (Å²) in [5.74, 6) is -0.485. The number of nitrogens with zero attached hydrogens (tertiary/aromatic N) is 1. The fourth-order valence-corrected chi connectivity index (χ4v) is 2.49. The summed E-state index contributed by atoms with van der Waals surface area (Å²) in [5.41, 5.74) is 1.76. The Bertz CT molecular complexity index is 748. The van der Waals surface area contributed by atoms with Crippen LogP contribution in [0, 0.1) is 0 Å². The lowest BCUT2D eigenvalue weighted by molar-refractivity contribution is -0.131. The van der Waals surface area contributed by atoms with Crippen LogP contribution in [0.3, 0.4) is 0 Å². The molecule has 7 nitrogen and oxygen atoms in total. The number of nitrogens with one attached hydrogen (secondary N) is 3. The van der Waals surface area contributed by atoms with Gasteiger partial charge in [-0.1, -0.05) is 18.2 Å². The highest BCUT2D eigenvalue weighted by molar-refractivity contribution is 5.96. The van der Waals surface area contributed by atoms with E-state index >= 15 is 0 Å². The predicted octanol–water partition coefficient (Wildman–Crippen LogP) is 0.0177. The van der Waals surface area contributed by atoms with Crippen molar-refractivity contribution in [1.82, 2.24) is 20.4 Å². The molecule has 3 rings (SSSR count). The third kappa shape index (κ3) is 2.78. The van der Waals surface area contributed by atoms with Crippen LogP contribution in [0.25, 0.3) is 0 Å². The molecule has 0 atom stereocenters. The van der Waals surface area contributed by atoms with Crippen molar-refractivity contribution >= 4 is 11.8 Å². The first-order valence-electron chi connectivity index (χ1n) is 7.04. The van der Waals surface area contributed by atoms with Crippen molar-refractivity contribution < 1.29 is 9.59 Å². The normalized spacial score (nSPS) is 13.5. The Labute approximate surface area is 126 Å². The number of carbonyl (C=O) groups excluding carboxylic acids is 2. The van der Waals surface area contributed by atoms with Crippen LogP contribution in [-0.4, -0.2) is 40.0 Å². The van der Waals surface area contributed by atoms with Crippen LogP contribution in [0.2, 0.25) is 0 Å². The molecule has 22 heavy (non-hydrogen) atoms. The molecule has 0 fully saturated rings. The summed E-state index contributed by atoms with van der Waals surface area (Å²) in [6, 6.07) is 8.72. The van der Waals surface area contributed by atoms with Crippen molar-refractivity contribution in [1.29, 1.82) is 0 Å². The van der Waals surface area contributed by atoms with Gasteiger partial charge in [0.25, 0.3) is 11.5 Å². The number of aromatic nitrogens is 2. The molecule has 0 bridgehead atoms. The molecule has 2 amide bonds. The highest BCUT2D eigenvalue weighted by Crippen LogP contribution is 2.12. The third-order valence-corrected chi connectivity index (χ3v) is 3.73. The smallest absolute Gasteiger partial charge is 0.269 e. The molecule has 1 aliphatic rings. The molecule has 0 saturated carbocycles. The summed E-state index contributed by atoms with van der Waals surface area (Å²) in [7, 11) is 0. The van der Waals surface area contributed by atoms with Crippen LogP contribution in [0.1, 0.15) is 21.6 Å². The highest BCUT2D eigenvalue weighted by atomic mass is 16.2. The van der Waals surface area contributed by atoms with Crippen LogP contribution >= 0.6 is 0 Å². The van der Waals surface area contributed by atoms with Gasteiger partial charge in [0.05, 0.1) is 18.7 Å². The Morgan fingerprint density at radius 3 is 2.73 bits per heavy atom. The summed E-state index contributed by atoms with van der Waals surface area (Å²) >= 11 is 0. The van der Waals surface area contributed by atoms with Crippen LogP contribution in [0.15, 0.2) is 35.1 Å². The molecular weight excluding hydrogens is 284 g/mol. The Kier molecular flexibility index (Phi) is 3.78. The van der Waals surface area contributed by atoms with Crippen molar-refractivity contribution in [2.75, 3.05) is 13.1 Å². The van der Waals surface area contributed by atoms with Crippen molar-refractivity contribution in [3.8, 4) is 0 Å². The number of hydrogen-bond acceptors (Lipinski definition) is 3. The molecule has 0 aliphatic carbocycles. The van der Waals surface area contributed by atoms with Gasteiger partial charge < -0.3 is 15.3 Å². The van der Waals surface area contributed by atoms with Gasteiger partial charge in [0, 0.05) is 24.2 Å². The zero-order chi connectivity index (χ0) is 15.5. The van der Waals surface area contributed by atoms with Crippen LogP contribution in [-0.2, 0) is 17.8 Å². The molecule has 0 spiro atoms. The lowest BCUT2D eigenvalue weighted by Gasteiger charge is -2.26. The molecule has 1 aliphatic heterocycles. The minimum absolute atomic E-state index is 0.0780. The number of fused-ring (bicyclic) bond motifs is 1. The number of aromatic amines is 2. The van der Waals surface area contributed by atoms with E-state index in [1.54, 1.807) is 29.2 Å². The van der Waals surface area contributed by atoms with Crippen molar-refractivity contribution in [3.05, 3.63) is 57.5 Å². The average Bonchev–Trinajstić information content (AvgIpc) is 2.94. The maximum Gasteiger partial charge on any atom is 0.269 e. The molecule has 3 N–H and O–H groups in total. The van der Waals surface area contributed by atoms with E-state index in [-0.39, 0.29) is 30.5 Å². The second-order valence-corrected chi connectivity index (χ2v) is 5.15. The molecular formula is C15H16N4O3. The van der Waals surface area contributed by atoms with Crippen LogP contribution < -0.4 is 10.9 Å². The monoisotopic (exact) mass is 300 g/mol. The summed E-state index contributed by atoms with van der Waals surface area (Å²) < 4.78 is 0. The first-order valence-corrected chi connectivity index (χ1v) is 7.04. The first kappa shape index (κ1) is 14.1. The predicted molar refractivity (Wildman–Crippen MR) is 79.3 cm³/mol. The minimum Gasteiger partial charge on any atom is -0.343 e. The fourth-order valence-electron chi connectivity index (χ4n) is 2.49. The van der Waals surface area contributed by atoms with E-state index in [1.807, 2.05) is 6.07 Å². The van der Waals surface area contributed by atoms with E-state index in [1.165, 1.54) is 0 Å². The van der Waals surface area contributed by atoms with Gasteiger partial charge in [-0.15, -0.1) is 0 Å². The Morgan fingerprint density at radius 2 is 1.95 bits per heavy atom. The van der Waals surface area contributed by atoms with Gasteiger partial charge in [-0.25, -0.2) is 0 Å². The van der Waals surface area contributed by atoms with E-state index < -0.39 is 0 Å². The van der Waals surface area contributed by atoms with Gasteiger partial charge in [-0.2, -0.15) is 0 Å². The number of rotatable bonds is 3. The van der Waals surface area contributed by atoms with E-state index in [4.69, 9.17) is 0 Å². The number of H-pyrrole nitrogens is 2. The van der Waals surface area contributed by atoms with Crippen molar-refractivity contribution in [2.24, 2.45) is 0 Å². The maximum absolute atomic E-state index is 12.2. The number of amides is 2. The minimum atomic E-state index is -0.286. The zero-order valence-electron chi connectivity index (χ0n) is 11.9. The summed E-state index contributed by atoms with van der Waals surface area (Å²) in [5, 5.41) is 7.94. The van der Waals surface area contributed by atoms with Gasteiger partial charge in [-0.05, 0) is 12.1 Å². The SMILES string of the molecule is O=C(NCC(=O)N1CCc2[nH][nH]c(=O)c2C1)c1ccccc1. The molecule has 1 aromatic carbocycles. The van der Waals surface area contributed by atoms with E-state index in [2.05, 4.69) is 15.5 Å². The van der Waals surface area contributed by atoms with Gasteiger partial charge >= 0.3 is 0 Å². The van der Waals surface area contributed by atoms with Gasteiger partial charge in [0.15, 0.2) is 0 Å². The topological polar surface area (TPSA) is 98.1 Å². The summed E-state index contributed by atoms with van der Waals surface area (Å²) in [4.78, 5) is 37.2. The highest BCUT2D eigenvalue weighted by Gasteiger charge is 2.24. The summed E-state index contributed by atoms with van der Waals surface area (Å²) in [6.45, 7) is 0.723. The molecule has 0 saturated heterocycles. The molecule has 1 aromatic heterocycles. The van der Waals surface area contributed by atoms with E-state index in [0.717, 1.165) is 5.69 Å². The average molecular weight is 300 g/mol. The van der Waals surface area contributed by atoms with Gasteiger partial charge in [0.1, 0.15) is 0 Å². The van der Waals surface area contributed by atoms with Gasteiger partial charge in [0.2, 0.25) is 5.91 Å². The van der Waals surface area contributed by atoms with Crippen LogP contribution in [0.5, 0.6) is 0 Å². The largest absolute Gasteiger partial charge is 0.343 e. The molecule has 0 unspecified atom stereocenters. The first-order chi connectivity index (χ1) is 10.6. The lowest BCUT2D eigenvalue weighted by atomic mass is 10.1. The van der Waals surface area contributed by atoms with Crippen molar-refractivity contribution in [2.45, 2.75) is 13.0 Å². The van der Waals surface area contributed by atoms with Gasteiger partial charge in [-0.3, -0.25) is 19.5 Å². The zero-order valence-corrected chi connectivity index (χ0v) is 11.9. The molecule has 2 aromatic rings. The second kappa shape index (κ2) is 5.88.